The number of piperidine rings is 1. The van der Waals surface area contributed by atoms with Crippen molar-refractivity contribution in [2.45, 2.75) is 45.3 Å². The molecule has 0 radical (unpaired) electrons. The molecule has 2 heterocycles. The summed E-state index contributed by atoms with van der Waals surface area (Å²) in [7, 11) is 0. The van der Waals surface area contributed by atoms with Gasteiger partial charge in [-0.05, 0) is 61.0 Å². The second kappa shape index (κ2) is 12.7. The molecule has 3 aromatic carbocycles. The van der Waals surface area contributed by atoms with Crippen LogP contribution in [0.1, 0.15) is 49.8 Å². The first-order valence-corrected chi connectivity index (χ1v) is 14.2. The average molecular weight is 566 g/mol. The summed E-state index contributed by atoms with van der Waals surface area (Å²) in [5.41, 5.74) is 3.51. The number of hydrogen-bond donors (Lipinski definition) is 0. The van der Waals surface area contributed by atoms with Crippen LogP contribution in [0, 0.1) is 34.4 Å². The summed E-state index contributed by atoms with van der Waals surface area (Å²) in [6, 6.07) is 21.6. The van der Waals surface area contributed by atoms with Crippen molar-refractivity contribution in [2.75, 3.05) is 29.6 Å². The summed E-state index contributed by atoms with van der Waals surface area (Å²) in [4.78, 5) is 13.6. The number of benzene rings is 3. The molecule has 0 amide bonds. The number of nitriles is 2. The molecule has 0 spiro atoms. The minimum atomic E-state index is -0.256. The van der Waals surface area contributed by atoms with E-state index < -0.39 is 0 Å². The van der Waals surface area contributed by atoms with Crippen LogP contribution >= 0.6 is 0 Å². The predicted molar refractivity (Wildman–Crippen MR) is 158 cm³/mol. The first-order valence-electron chi connectivity index (χ1n) is 14.2. The molecule has 2 aliphatic heterocycles. The fraction of sp³-hybridized carbons (Fsp3) is 0.333. The van der Waals surface area contributed by atoms with Crippen molar-refractivity contribution in [2.24, 2.45) is 11.0 Å². The van der Waals surface area contributed by atoms with Crippen molar-refractivity contribution in [1.29, 1.82) is 10.5 Å². The Labute approximate surface area is 245 Å². The van der Waals surface area contributed by atoms with Gasteiger partial charge in [-0.25, -0.2) is 4.39 Å². The maximum Gasteiger partial charge on any atom is 0.146 e. The van der Waals surface area contributed by atoms with Gasteiger partial charge in [0.25, 0.3) is 0 Å². The van der Waals surface area contributed by atoms with Crippen molar-refractivity contribution in [3.05, 3.63) is 83.2 Å². The van der Waals surface area contributed by atoms with Crippen molar-refractivity contribution in [3.63, 3.8) is 0 Å². The third kappa shape index (κ3) is 5.91. The molecule has 5 rings (SSSR count). The van der Waals surface area contributed by atoms with Crippen LogP contribution < -0.4 is 19.4 Å². The van der Waals surface area contributed by atoms with Crippen molar-refractivity contribution in [3.8, 4) is 23.6 Å². The maximum atomic E-state index is 14.5. The maximum absolute atomic E-state index is 14.5. The van der Waals surface area contributed by atoms with Crippen LogP contribution in [0.2, 0.25) is 0 Å². The topological polar surface area (TPSA) is 102 Å². The zero-order valence-corrected chi connectivity index (χ0v) is 23.7. The Morgan fingerprint density at radius 3 is 2.38 bits per heavy atom. The summed E-state index contributed by atoms with van der Waals surface area (Å²) in [6.07, 6.45) is 2.72. The number of ether oxygens (including phenoxy) is 2. The summed E-state index contributed by atoms with van der Waals surface area (Å²) in [6.45, 7) is 5.80. The molecule has 42 heavy (non-hydrogen) atoms. The highest BCUT2D eigenvalue weighted by Gasteiger charge is 2.35. The van der Waals surface area contributed by atoms with Gasteiger partial charge in [-0.15, -0.1) is 0 Å². The lowest BCUT2D eigenvalue weighted by Gasteiger charge is -2.34. The van der Waals surface area contributed by atoms with E-state index in [2.05, 4.69) is 6.07 Å². The lowest BCUT2D eigenvalue weighted by Crippen LogP contribution is -2.38. The van der Waals surface area contributed by atoms with Crippen LogP contribution in [0.4, 0.5) is 15.8 Å². The molecule has 0 N–H and O–H groups in total. The molecular weight excluding hydrogens is 533 g/mol. The summed E-state index contributed by atoms with van der Waals surface area (Å²) in [5.74, 6) is 1.06. The number of carbonyl (C=O) groups is 1. The smallest absolute Gasteiger partial charge is 0.146 e. The van der Waals surface area contributed by atoms with Crippen LogP contribution in [0.5, 0.6) is 11.5 Å². The van der Waals surface area contributed by atoms with E-state index in [1.165, 1.54) is 6.07 Å². The minimum Gasteiger partial charge on any atom is -0.494 e. The van der Waals surface area contributed by atoms with Crippen LogP contribution in [0.25, 0.3) is 0 Å². The number of anilines is 2. The largest absolute Gasteiger partial charge is 0.494 e. The molecule has 3 aromatic rings. The monoisotopic (exact) mass is 565 g/mol. The Hall–Kier alpha value is -4.89. The lowest BCUT2D eigenvalue weighted by molar-refractivity contribution is -0.108. The summed E-state index contributed by atoms with van der Waals surface area (Å²) >= 11 is 0. The molecule has 1 unspecified atom stereocenters. The van der Waals surface area contributed by atoms with Crippen molar-refractivity contribution < 1.29 is 18.7 Å². The SMILES string of the molecule is CCOc1ccc(F)c(N2CCC(Oc3ccc(N4N=C(c5ccc(C#N)c(C#N)c5)C(C)[C@@H]4CC=O)cc3)CC2)c1. The van der Waals surface area contributed by atoms with E-state index in [1.54, 1.807) is 30.3 Å². The summed E-state index contributed by atoms with van der Waals surface area (Å²) in [5, 5.41) is 25.5. The van der Waals surface area contributed by atoms with Gasteiger partial charge in [-0.3, -0.25) is 5.01 Å². The Kier molecular flexibility index (Phi) is 8.68. The number of rotatable bonds is 9. The molecule has 214 valence electrons. The zero-order chi connectivity index (χ0) is 29.6. The molecule has 1 saturated heterocycles. The second-order valence-electron chi connectivity index (χ2n) is 10.4. The Bertz CT molecular complexity index is 1550. The van der Waals surface area contributed by atoms with E-state index in [-0.39, 0.29) is 23.9 Å². The first kappa shape index (κ1) is 28.6. The molecule has 0 bridgehead atoms. The van der Waals surface area contributed by atoms with Crippen LogP contribution in [-0.4, -0.2) is 43.8 Å². The molecule has 0 aliphatic carbocycles. The number of aldehydes is 1. The highest BCUT2D eigenvalue weighted by atomic mass is 19.1. The predicted octanol–water partition coefficient (Wildman–Crippen LogP) is 5.83. The van der Waals surface area contributed by atoms with Gasteiger partial charge in [-0.2, -0.15) is 15.6 Å². The number of nitrogens with zero attached hydrogens (tertiary/aromatic N) is 5. The molecule has 2 atom stereocenters. The molecular formula is C33H32FN5O3. The standard InChI is InChI=1S/C33H32FN5O3/c1-3-41-29-10-11-30(34)32(19-29)38-15-12-28(13-16-38)42-27-8-6-26(7-9-27)39-31(14-17-40)22(2)33(37-39)23-4-5-24(20-35)25(18-23)21-36/h4-11,17-19,22,28,31H,3,12-16H2,1-2H3/t22?,31-/m0/s1. The molecule has 0 saturated carbocycles. The van der Waals surface area contributed by atoms with Crippen LogP contribution in [0.15, 0.2) is 65.8 Å². The average Bonchev–Trinajstić information content (AvgIpc) is 3.34. The fourth-order valence-electron chi connectivity index (χ4n) is 5.62. The number of hydrazone groups is 1. The molecule has 8 nitrogen and oxygen atoms in total. The van der Waals surface area contributed by atoms with Gasteiger partial charge in [0.05, 0.1) is 40.9 Å². The Morgan fingerprint density at radius 2 is 1.71 bits per heavy atom. The molecule has 1 fully saturated rings. The normalized spacial score (nSPS) is 18.6. The van der Waals surface area contributed by atoms with Gasteiger partial charge >= 0.3 is 0 Å². The molecule has 9 heteroatoms. The van der Waals surface area contributed by atoms with E-state index in [9.17, 15) is 19.7 Å². The lowest BCUT2D eigenvalue weighted by atomic mass is 9.90. The fourth-order valence-corrected chi connectivity index (χ4v) is 5.62. The van der Waals surface area contributed by atoms with E-state index >= 15 is 0 Å². The van der Waals surface area contributed by atoms with Crippen LogP contribution in [0.3, 0.4) is 0 Å². The third-order valence-corrected chi connectivity index (χ3v) is 7.85. The number of carbonyl (C=O) groups excluding carboxylic acids is 1. The first-order chi connectivity index (χ1) is 20.4. The van der Waals surface area contributed by atoms with E-state index in [0.29, 0.717) is 48.7 Å². The Morgan fingerprint density at radius 1 is 1.00 bits per heavy atom. The molecule has 2 aliphatic rings. The second-order valence-corrected chi connectivity index (χ2v) is 10.4. The highest BCUT2D eigenvalue weighted by Crippen LogP contribution is 2.34. The van der Waals surface area contributed by atoms with Gasteiger partial charge in [0.1, 0.15) is 41.8 Å². The van der Waals surface area contributed by atoms with Gasteiger partial charge in [0.15, 0.2) is 0 Å². The number of hydrogen-bond acceptors (Lipinski definition) is 8. The zero-order valence-electron chi connectivity index (χ0n) is 23.7. The van der Waals surface area contributed by atoms with Gasteiger partial charge in [0.2, 0.25) is 0 Å². The quantitative estimate of drug-likeness (QED) is 0.301. The van der Waals surface area contributed by atoms with E-state index in [0.717, 1.165) is 41.8 Å². The van der Waals surface area contributed by atoms with Gasteiger partial charge < -0.3 is 19.2 Å². The van der Waals surface area contributed by atoms with Crippen molar-refractivity contribution >= 4 is 23.4 Å². The highest BCUT2D eigenvalue weighted by molar-refractivity contribution is 6.05. The minimum absolute atomic E-state index is 0.00944. The Balaban J connectivity index is 1.27. The van der Waals surface area contributed by atoms with Crippen LogP contribution in [-0.2, 0) is 4.79 Å². The van der Waals surface area contributed by atoms with Gasteiger partial charge in [-0.1, -0.05) is 13.0 Å². The number of halogens is 1. The van der Waals surface area contributed by atoms with E-state index in [1.807, 2.05) is 54.1 Å². The third-order valence-electron chi connectivity index (χ3n) is 7.85. The van der Waals surface area contributed by atoms with Crippen molar-refractivity contribution in [1.82, 2.24) is 0 Å². The van der Waals surface area contributed by atoms with E-state index in [4.69, 9.17) is 14.6 Å². The van der Waals surface area contributed by atoms with Gasteiger partial charge in [0, 0.05) is 44.3 Å². The molecule has 0 aromatic heterocycles. The summed E-state index contributed by atoms with van der Waals surface area (Å²) < 4.78 is 26.3.